The molecular weight excluding hydrogens is 128 g/mol. The van der Waals surface area contributed by atoms with E-state index in [1.165, 1.54) is 13.1 Å². The summed E-state index contributed by atoms with van der Waals surface area (Å²) in [6.07, 6.45) is 1.28. The molecule has 0 bridgehead atoms. The molecule has 0 saturated heterocycles. The fourth-order valence-corrected chi connectivity index (χ4v) is 0.488. The maximum absolute atomic E-state index is 11.7. The summed E-state index contributed by atoms with van der Waals surface area (Å²) >= 11 is 0. The number of aromatic nitrogens is 3. The lowest BCUT2D eigenvalue weighted by Gasteiger charge is -1.96. The predicted molar refractivity (Wildman–Crippen MR) is 26.0 cm³/mol. The summed E-state index contributed by atoms with van der Waals surface area (Å²) in [6.45, 7) is -1.06. The van der Waals surface area contributed by atoms with Gasteiger partial charge in [-0.05, 0) is 6.92 Å². The summed E-state index contributed by atoms with van der Waals surface area (Å²) < 4.78 is 24.0. The van der Waals surface area contributed by atoms with Gasteiger partial charge in [0.1, 0.15) is 0 Å². The Morgan fingerprint density at radius 1 is 1.67 bits per heavy atom. The Balaban J connectivity index is 2.94. The zero-order valence-electron chi connectivity index (χ0n) is 4.75. The van der Waals surface area contributed by atoms with Gasteiger partial charge < -0.3 is 0 Å². The van der Waals surface area contributed by atoms with Crippen molar-refractivity contribution < 1.29 is 8.78 Å². The molecule has 1 aromatic heterocycles. The first-order chi connectivity index (χ1) is 4.22. The summed E-state index contributed by atoms with van der Waals surface area (Å²) in [5.41, 5.74) is 0.366. The third-order valence-electron chi connectivity index (χ3n) is 0.939. The quantitative estimate of drug-likeness (QED) is 0.571. The molecule has 9 heavy (non-hydrogen) atoms. The van der Waals surface area contributed by atoms with E-state index < -0.39 is 6.55 Å². The maximum Gasteiger partial charge on any atom is 0.334 e. The van der Waals surface area contributed by atoms with Gasteiger partial charge in [0.05, 0.1) is 11.9 Å². The summed E-state index contributed by atoms with van der Waals surface area (Å²) in [5, 5.41) is 6.41. The Bertz CT molecular complexity index is 195. The predicted octanol–water partition coefficient (Wildman–Crippen LogP) is 0.982. The first-order valence-electron chi connectivity index (χ1n) is 2.37. The van der Waals surface area contributed by atoms with E-state index in [-0.39, 0.29) is 0 Å². The van der Waals surface area contributed by atoms with Gasteiger partial charge in [-0.3, -0.25) is 0 Å². The van der Waals surface area contributed by atoms with E-state index in [0.29, 0.717) is 10.4 Å². The molecule has 0 aliphatic heterocycles. The highest BCUT2D eigenvalue weighted by molar-refractivity contribution is 4.88. The Morgan fingerprint density at radius 3 is 2.56 bits per heavy atom. The van der Waals surface area contributed by atoms with E-state index >= 15 is 0 Å². The lowest BCUT2D eigenvalue weighted by molar-refractivity contribution is 0.0525. The van der Waals surface area contributed by atoms with Crippen molar-refractivity contribution in [3.05, 3.63) is 11.9 Å². The van der Waals surface area contributed by atoms with E-state index in [1.54, 1.807) is 0 Å². The monoisotopic (exact) mass is 133 g/mol. The van der Waals surface area contributed by atoms with Crippen LogP contribution in [0.2, 0.25) is 0 Å². The van der Waals surface area contributed by atoms with Crippen molar-refractivity contribution in [2.24, 2.45) is 0 Å². The zero-order chi connectivity index (χ0) is 6.85. The normalized spacial score (nSPS) is 10.7. The van der Waals surface area contributed by atoms with Crippen LogP contribution in [0.3, 0.4) is 0 Å². The standard InChI is InChI=1S/C4H5F2N3/c1-3-2-7-8-9(3)4(5)6/h2,4H,1H3. The minimum absolute atomic E-state index is 0.366. The first-order valence-corrected chi connectivity index (χ1v) is 2.37. The highest BCUT2D eigenvalue weighted by Crippen LogP contribution is 2.08. The SMILES string of the molecule is Cc1cnnn1C(F)F. The van der Waals surface area contributed by atoms with Crippen molar-refractivity contribution in [3.8, 4) is 0 Å². The fraction of sp³-hybridized carbons (Fsp3) is 0.500. The van der Waals surface area contributed by atoms with Crippen molar-refractivity contribution in [2.75, 3.05) is 0 Å². The lowest BCUT2D eigenvalue weighted by atomic mass is 10.5. The molecule has 0 aromatic carbocycles. The molecule has 3 nitrogen and oxygen atoms in total. The Labute approximate surface area is 50.3 Å². The highest BCUT2D eigenvalue weighted by atomic mass is 19.3. The van der Waals surface area contributed by atoms with Gasteiger partial charge >= 0.3 is 6.55 Å². The van der Waals surface area contributed by atoms with Gasteiger partial charge in [-0.2, -0.15) is 13.5 Å². The number of rotatable bonds is 1. The van der Waals surface area contributed by atoms with Crippen LogP contribution in [-0.2, 0) is 0 Å². The molecule has 1 rings (SSSR count). The van der Waals surface area contributed by atoms with Crippen LogP contribution in [0.5, 0.6) is 0 Å². The second-order valence-corrected chi connectivity index (χ2v) is 1.60. The topological polar surface area (TPSA) is 30.7 Å². The minimum Gasteiger partial charge on any atom is -0.188 e. The molecule has 0 radical (unpaired) electrons. The average molecular weight is 133 g/mol. The molecule has 1 aromatic rings. The van der Waals surface area contributed by atoms with E-state index in [0.717, 1.165) is 0 Å². The molecule has 0 unspecified atom stereocenters. The third kappa shape index (κ3) is 1.04. The zero-order valence-corrected chi connectivity index (χ0v) is 4.75. The number of halogens is 2. The third-order valence-corrected chi connectivity index (χ3v) is 0.939. The van der Waals surface area contributed by atoms with Crippen LogP contribution in [-0.4, -0.2) is 15.0 Å². The van der Waals surface area contributed by atoms with Gasteiger partial charge in [-0.1, -0.05) is 5.21 Å². The molecule has 0 spiro atoms. The summed E-state index contributed by atoms with van der Waals surface area (Å²) in [7, 11) is 0. The molecular formula is C4H5F2N3. The van der Waals surface area contributed by atoms with Crippen LogP contribution >= 0.6 is 0 Å². The molecule has 0 fully saturated rings. The molecule has 0 saturated carbocycles. The van der Waals surface area contributed by atoms with Crippen molar-refractivity contribution in [2.45, 2.75) is 13.5 Å². The number of hydrogen-bond acceptors (Lipinski definition) is 2. The van der Waals surface area contributed by atoms with Gasteiger partial charge in [0.2, 0.25) is 0 Å². The first kappa shape index (κ1) is 6.12. The van der Waals surface area contributed by atoms with Crippen LogP contribution in [0.25, 0.3) is 0 Å². The Hall–Kier alpha value is -1.00. The van der Waals surface area contributed by atoms with Gasteiger partial charge in [-0.25, -0.2) is 0 Å². The van der Waals surface area contributed by atoms with E-state index in [1.807, 2.05) is 0 Å². The van der Waals surface area contributed by atoms with E-state index in [2.05, 4.69) is 10.3 Å². The van der Waals surface area contributed by atoms with Crippen molar-refractivity contribution >= 4 is 0 Å². The summed E-state index contributed by atoms with van der Waals surface area (Å²) in [5.74, 6) is 0. The highest BCUT2D eigenvalue weighted by Gasteiger charge is 2.07. The van der Waals surface area contributed by atoms with Crippen LogP contribution in [0.4, 0.5) is 8.78 Å². The second-order valence-electron chi connectivity index (χ2n) is 1.60. The van der Waals surface area contributed by atoms with E-state index in [9.17, 15) is 8.78 Å². The average Bonchev–Trinajstić information content (AvgIpc) is 2.13. The van der Waals surface area contributed by atoms with Gasteiger partial charge in [0, 0.05) is 0 Å². The van der Waals surface area contributed by atoms with Crippen LogP contribution in [0.15, 0.2) is 6.20 Å². The van der Waals surface area contributed by atoms with Gasteiger partial charge in [0.25, 0.3) is 0 Å². The Morgan fingerprint density at radius 2 is 2.33 bits per heavy atom. The van der Waals surface area contributed by atoms with Crippen LogP contribution in [0.1, 0.15) is 12.2 Å². The van der Waals surface area contributed by atoms with Crippen molar-refractivity contribution in [1.82, 2.24) is 15.0 Å². The summed E-state index contributed by atoms with van der Waals surface area (Å²) in [6, 6.07) is 0. The number of aryl methyl sites for hydroxylation is 1. The molecule has 0 aliphatic carbocycles. The fourth-order valence-electron chi connectivity index (χ4n) is 0.488. The minimum atomic E-state index is -2.58. The number of hydrogen-bond donors (Lipinski definition) is 0. The number of alkyl halides is 2. The van der Waals surface area contributed by atoms with Crippen LogP contribution < -0.4 is 0 Å². The Kier molecular flexibility index (Phi) is 1.42. The van der Waals surface area contributed by atoms with E-state index in [4.69, 9.17) is 0 Å². The molecule has 0 atom stereocenters. The van der Waals surface area contributed by atoms with Gasteiger partial charge in [-0.15, -0.1) is 5.10 Å². The van der Waals surface area contributed by atoms with Crippen LogP contribution in [0, 0.1) is 6.92 Å². The smallest absolute Gasteiger partial charge is 0.188 e. The molecule has 0 amide bonds. The molecule has 0 aliphatic rings. The molecule has 50 valence electrons. The summed E-state index contributed by atoms with van der Waals surface area (Å²) in [4.78, 5) is 0. The number of nitrogens with zero attached hydrogens (tertiary/aromatic N) is 3. The molecule has 1 heterocycles. The van der Waals surface area contributed by atoms with Crippen molar-refractivity contribution in [3.63, 3.8) is 0 Å². The second kappa shape index (κ2) is 2.08. The maximum atomic E-state index is 11.7. The lowest BCUT2D eigenvalue weighted by Crippen LogP contribution is -2.01. The van der Waals surface area contributed by atoms with Gasteiger partial charge in [0.15, 0.2) is 0 Å². The largest absolute Gasteiger partial charge is 0.334 e. The molecule has 0 N–H and O–H groups in total. The molecule has 5 heteroatoms. The van der Waals surface area contributed by atoms with Crippen molar-refractivity contribution in [1.29, 1.82) is 0 Å².